The highest BCUT2D eigenvalue weighted by Crippen LogP contribution is 2.30. The van der Waals surface area contributed by atoms with Gasteiger partial charge in [-0.2, -0.15) is 18.2 Å². The van der Waals surface area contributed by atoms with Crippen molar-refractivity contribution in [2.24, 2.45) is 5.92 Å². The molecule has 2 atom stereocenters. The number of rotatable bonds is 7. The smallest absolute Gasteiger partial charge is 0.422 e. The molecule has 1 saturated heterocycles. The SMILES string of the molecule is CC(C)C1C(C)OC(=O)N1c1ccnc(NCc2cnc(OCC(F)(F)F)c(Cl)c2)n1. The quantitative estimate of drug-likeness (QED) is 0.654. The first kappa shape index (κ1) is 22.9. The molecule has 1 aliphatic heterocycles. The third kappa shape index (κ3) is 5.66. The summed E-state index contributed by atoms with van der Waals surface area (Å²) in [6, 6.07) is 2.89. The number of hydrogen-bond acceptors (Lipinski definition) is 7. The highest BCUT2D eigenvalue weighted by atomic mass is 35.5. The van der Waals surface area contributed by atoms with E-state index in [1.54, 1.807) is 6.07 Å². The third-order valence-electron chi connectivity index (χ3n) is 4.52. The van der Waals surface area contributed by atoms with Crippen molar-refractivity contribution in [1.82, 2.24) is 15.0 Å². The van der Waals surface area contributed by atoms with Gasteiger partial charge in [0.1, 0.15) is 16.9 Å². The van der Waals surface area contributed by atoms with Crippen molar-refractivity contribution in [3.63, 3.8) is 0 Å². The first-order valence-electron chi connectivity index (χ1n) is 9.46. The predicted octanol–water partition coefficient (Wildman–Crippen LogP) is 4.45. The number of alkyl halides is 3. The lowest BCUT2D eigenvalue weighted by Crippen LogP contribution is -2.40. The molecule has 2 aromatic rings. The molecule has 1 aliphatic rings. The average Bonchev–Trinajstić information content (AvgIpc) is 2.99. The number of carbonyl (C=O) groups excluding carboxylic acids is 1. The Bertz CT molecular complexity index is 944. The van der Waals surface area contributed by atoms with Crippen LogP contribution in [0.4, 0.5) is 29.7 Å². The zero-order valence-corrected chi connectivity index (χ0v) is 17.7. The number of cyclic esters (lactones) is 1. The number of ether oxygens (including phenoxy) is 2. The van der Waals surface area contributed by atoms with Crippen LogP contribution in [0.5, 0.6) is 5.88 Å². The number of anilines is 2. The molecule has 1 fully saturated rings. The summed E-state index contributed by atoms with van der Waals surface area (Å²) in [7, 11) is 0. The lowest BCUT2D eigenvalue weighted by molar-refractivity contribution is -0.154. The second-order valence-electron chi connectivity index (χ2n) is 7.32. The van der Waals surface area contributed by atoms with E-state index < -0.39 is 18.9 Å². The molecule has 0 radical (unpaired) electrons. The fourth-order valence-corrected chi connectivity index (χ4v) is 3.51. The number of nitrogens with one attached hydrogen (secondary N) is 1. The van der Waals surface area contributed by atoms with Crippen LogP contribution < -0.4 is 15.0 Å². The Hall–Kier alpha value is -2.82. The van der Waals surface area contributed by atoms with E-state index in [0.717, 1.165) is 0 Å². The molecule has 1 N–H and O–H groups in total. The van der Waals surface area contributed by atoms with Crippen molar-refractivity contribution >= 4 is 29.5 Å². The normalized spacial score (nSPS) is 19.0. The minimum absolute atomic E-state index is 0.0493. The molecule has 3 rings (SSSR count). The van der Waals surface area contributed by atoms with Crippen molar-refractivity contribution < 1.29 is 27.4 Å². The molecule has 12 heteroatoms. The molecule has 168 valence electrons. The monoisotopic (exact) mass is 459 g/mol. The van der Waals surface area contributed by atoms with Crippen molar-refractivity contribution in [3.05, 3.63) is 35.1 Å². The summed E-state index contributed by atoms with van der Waals surface area (Å²) < 4.78 is 46.7. The summed E-state index contributed by atoms with van der Waals surface area (Å²) in [5.74, 6) is 0.500. The Kier molecular flexibility index (Phi) is 6.73. The van der Waals surface area contributed by atoms with E-state index in [1.807, 2.05) is 20.8 Å². The van der Waals surface area contributed by atoms with Gasteiger partial charge in [-0.25, -0.2) is 14.8 Å². The molecule has 8 nitrogen and oxygen atoms in total. The fourth-order valence-electron chi connectivity index (χ4n) is 3.27. The van der Waals surface area contributed by atoms with Gasteiger partial charge >= 0.3 is 12.3 Å². The maximum absolute atomic E-state index is 12.3. The Balaban J connectivity index is 1.68. The highest BCUT2D eigenvalue weighted by Gasteiger charge is 2.42. The molecule has 1 amide bonds. The van der Waals surface area contributed by atoms with Crippen molar-refractivity contribution in [1.29, 1.82) is 0 Å². The summed E-state index contributed by atoms with van der Waals surface area (Å²) in [5, 5.41) is 2.93. The number of nitrogens with zero attached hydrogens (tertiary/aromatic N) is 4. The van der Waals surface area contributed by atoms with Gasteiger partial charge in [0.05, 0.1) is 6.04 Å². The van der Waals surface area contributed by atoms with Gasteiger partial charge in [0.15, 0.2) is 6.61 Å². The number of pyridine rings is 1. The van der Waals surface area contributed by atoms with Gasteiger partial charge in [-0.3, -0.25) is 4.90 Å². The molecule has 0 aliphatic carbocycles. The third-order valence-corrected chi connectivity index (χ3v) is 4.79. The van der Waals surface area contributed by atoms with Gasteiger partial charge < -0.3 is 14.8 Å². The zero-order valence-electron chi connectivity index (χ0n) is 17.0. The number of hydrogen-bond donors (Lipinski definition) is 1. The number of aromatic nitrogens is 3. The second kappa shape index (κ2) is 9.13. The Morgan fingerprint density at radius 2 is 2.10 bits per heavy atom. The molecule has 0 aromatic carbocycles. The molecule has 0 saturated carbocycles. The zero-order chi connectivity index (χ0) is 22.8. The van der Waals surface area contributed by atoms with Gasteiger partial charge in [0, 0.05) is 18.9 Å². The minimum Gasteiger partial charge on any atom is -0.467 e. The Morgan fingerprint density at radius 1 is 1.35 bits per heavy atom. The van der Waals surface area contributed by atoms with Crippen LogP contribution >= 0.6 is 11.6 Å². The molecule has 2 aromatic heterocycles. The van der Waals surface area contributed by atoms with Gasteiger partial charge in [0.2, 0.25) is 11.8 Å². The number of halogens is 4. The van der Waals surface area contributed by atoms with E-state index in [2.05, 4.69) is 25.0 Å². The summed E-state index contributed by atoms with van der Waals surface area (Å²) in [6.45, 7) is 4.55. The Labute approximate surface area is 181 Å². The minimum atomic E-state index is -4.48. The maximum atomic E-state index is 12.3. The van der Waals surface area contributed by atoms with Crippen molar-refractivity contribution in [2.75, 3.05) is 16.8 Å². The number of carbonyl (C=O) groups is 1. The maximum Gasteiger partial charge on any atom is 0.422 e. The van der Waals surface area contributed by atoms with E-state index in [-0.39, 0.29) is 41.5 Å². The Morgan fingerprint density at radius 3 is 2.74 bits per heavy atom. The van der Waals surface area contributed by atoms with Crippen LogP contribution in [0.15, 0.2) is 24.5 Å². The lowest BCUT2D eigenvalue weighted by Gasteiger charge is -2.25. The second-order valence-corrected chi connectivity index (χ2v) is 7.73. The highest BCUT2D eigenvalue weighted by molar-refractivity contribution is 6.31. The van der Waals surface area contributed by atoms with Crippen LogP contribution in [0.3, 0.4) is 0 Å². The van der Waals surface area contributed by atoms with Crippen molar-refractivity contribution in [2.45, 2.75) is 45.6 Å². The summed E-state index contributed by atoms with van der Waals surface area (Å²) >= 11 is 5.95. The van der Waals surface area contributed by atoms with E-state index >= 15 is 0 Å². The van der Waals surface area contributed by atoms with Gasteiger partial charge in [-0.15, -0.1) is 0 Å². The van der Waals surface area contributed by atoms with Crippen LogP contribution in [0.2, 0.25) is 5.02 Å². The first-order valence-corrected chi connectivity index (χ1v) is 9.83. The topological polar surface area (TPSA) is 89.5 Å². The number of amides is 1. The van der Waals surface area contributed by atoms with E-state index in [4.69, 9.17) is 16.3 Å². The molecule has 0 bridgehead atoms. The summed E-state index contributed by atoms with van der Waals surface area (Å²) in [4.78, 5) is 26.1. The van der Waals surface area contributed by atoms with Crippen LogP contribution in [-0.2, 0) is 11.3 Å². The summed E-state index contributed by atoms with van der Waals surface area (Å²) in [6.07, 6.45) is -2.38. The molecule has 2 unspecified atom stereocenters. The van der Waals surface area contributed by atoms with Gasteiger partial charge in [-0.05, 0) is 30.5 Å². The van der Waals surface area contributed by atoms with Crippen LogP contribution in [0.1, 0.15) is 26.3 Å². The van der Waals surface area contributed by atoms with E-state index in [9.17, 15) is 18.0 Å². The largest absolute Gasteiger partial charge is 0.467 e. The van der Waals surface area contributed by atoms with Crippen LogP contribution in [0.25, 0.3) is 0 Å². The summed E-state index contributed by atoms with van der Waals surface area (Å²) in [5.41, 5.74) is 0.577. The van der Waals surface area contributed by atoms with Gasteiger partial charge in [0.25, 0.3) is 0 Å². The van der Waals surface area contributed by atoms with E-state index in [1.165, 1.54) is 23.4 Å². The molecule has 0 spiro atoms. The average molecular weight is 460 g/mol. The predicted molar refractivity (Wildman–Crippen MR) is 107 cm³/mol. The van der Waals surface area contributed by atoms with E-state index in [0.29, 0.717) is 11.4 Å². The van der Waals surface area contributed by atoms with Crippen LogP contribution in [-0.4, -0.2) is 46.0 Å². The standard InChI is InChI=1S/C19H21ClF3N5O3/c1-10(2)15-11(3)31-18(29)28(15)14-4-5-24-17(27-14)26-8-12-6-13(20)16(25-7-12)30-9-19(21,22)23/h4-7,10-11,15H,8-9H2,1-3H3,(H,24,26,27). The molecule has 3 heterocycles. The molecule has 31 heavy (non-hydrogen) atoms. The lowest BCUT2D eigenvalue weighted by atomic mass is 9.99. The first-order chi connectivity index (χ1) is 14.5. The van der Waals surface area contributed by atoms with Gasteiger partial charge in [-0.1, -0.05) is 25.4 Å². The van der Waals surface area contributed by atoms with Crippen LogP contribution in [0, 0.1) is 5.92 Å². The van der Waals surface area contributed by atoms with Crippen molar-refractivity contribution in [3.8, 4) is 5.88 Å². The molecular formula is C19H21ClF3N5O3. The molecular weight excluding hydrogens is 439 g/mol. The fraction of sp³-hybridized carbons (Fsp3) is 0.474.